The SMILES string of the molecule is CC1(C(=O)O)C=CC=C(C(=O)O)C1.O=C(O)c1ccnn1-c1cc(F)cc(F)c1. The molecule has 1 aromatic carbocycles. The minimum Gasteiger partial charge on any atom is -0.481 e. The number of carboxylic acid groups (broad SMARTS) is 3. The number of rotatable bonds is 4. The van der Waals surface area contributed by atoms with Gasteiger partial charge in [-0.15, -0.1) is 0 Å². The van der Waals surface area contributed by atoms with Crippen LogP contribution in [0.4, 0.5) is 8.78 Å². The number of hydrogen-bond donors (Lipinski definition) is 3. The highest BCUT2D eigenvalue weighted by Gasteiger charge is 2.34. The van der Waals surface area contributed by atoms with E-state index in [9.17, 15) is 23.2 Å². The van der Waals surface area contributed by atoms with Gasteiger partial charge < -0.3 is 15.3 Å². The lowest BCUT2D eigenvalue weighted by Crippen LogP contribution is -2.28. The van der Waals surface area contributed by atoms with Crippen molar-refractivity contribution in [1.82, 2.24) is 9.78 Å². The van der Waals surface area contributed by atoms with Crippen molar-refractivity contribution in [2.75, 3.05) is 0 Å². The maximum Gasteiger partial charge on any atom is 0.354 e. The van der Waals surface area contributed by atoms with Gasteiger partial charge >= 0.3 is 17.9 Å². The largest absolute Gasteiger partial charge is 0.481 e. The van der Waals surface area contributed by atoms with Crippen LogP contribution in [0.3, 0.4) is 0 Å². The summed E-state index contributed by atoms with van der Waals surface area (Å²) in [6, 6.07) is 3.95. The lowest BCUT2D eigenvalue weighted by molar-refractivity contribution is -0.145. The molecule has 1 aliphatic carbocycles. The van der Waals surface area contributed by atoms with E-state index in [0.29, 0.717) is 6.07 Å². The van der Waals surface area contributed by atoms with E-state index in [2.05, 4.69) is 5.10 Å². The van der Waals surface area contributed by atoms with Gasteiger partial charge in [-0.25, -0.2) is 23.1 Å². The molecule has 1 heterocycles. The Morgan fingerprint density at radius 2 is 1.69 bits per heavy atom. The van der Waals surface area contributed by atoms with Crippen molar-refractivity contribution < 1.29 is 38.5 Å². The molecule has 1 aromatic heterocycles. The fraction of sp³-hybridized carbons (Fsp3) is 0.158. The van der Waals surface area contributed by atoms with E-state index in [1.807, 2.05) is 0 Å². The summed E-state index contributed by atoms with van der Waals surface area (Å²) in [6.07, 6.45) is 5.68. The second kappa shape index (κ2) is 8.46. The Balaban J connectivity index is 0.000000212. The van der Waals surface area contributed by atoms with Gasteiger partial charge in [0.15, 0.2) is 5.69 Å². The molecule has 2 aromatic rings. The summed E-state index contributed by atoms with van der Waals surface area (Å²) < 4.78 is 26.8. The Bertz CT molecular complexity index is 1010. The van der Waals surface area contributed by atoms with Crippen molar-refractivity contribution in [3.63, 3.8) is 0 Å². The van der Waals surface area contributed by atoms with Crippen LogP contribution in [0.15, 0.2) is 54.3 Å². The minimum absolute atomic E-state index is 0.0277. The van der Waals surface area contributed by atoms with E-state index < -0.39 is 35.0 Å². The molecule has 8 nitrogen and oxygen atoms in total. The van der Waals surface area contributed by atoms with Crippen LogP contribution in [-0.4, -0.2) is 43.0 Å². The van der Waals surface area contributed by atoms with Crippen molar-refractivity contribution in [2.24, 2.45) is 5.41 Å². The number of halogens is 2. The Hall–Kier alpha value is -3.82. The number of carbonyl (C=O) groups is 3. The van der Waals surface area contributed by atoms with Crippen molar-refractivity contribution >= 4 is 17.9 Å². The summed E-state index contributed by atoms with van der Waals surface area (Å²) in [4.78, 5) is 32.1. The number of hydrogen-bond acceptors (Lipinski definition) is 4. The quantitative estimate of drug-likeness (QED) is 0.712. The molecule has 3 rings (SSSR count). The topological polar surface area (TPSA) is 130 Å². The lowest BCUT2D eigenvalue weighted by atomic mass is 9.80. The molecule has 0 fully saturated rings. The third-order valence-corrected chi connectivity index (χ3v) is 4.04. The van der Waals surface area contributed by atoms with Crippen LogP contribution in [0, 0.1) is 17.0 Å². The van der Waals surface area contributed by atoms with Crippen LogP contribution in [0.25, 0.3) is 5.69 Å². The van der Waals surface area contributed by atoms with Crippen LogP contribution in [0.1, 0.15) is 23.8 Å². The molecule has 0 saturated heterocycles. The molecule has 1 aliphatic rings. The predicted molar refractivity (Wildman–Crippen MR) is 95.7 cm³/mol. The summed E-state index contributed by atoms with van der Waals surface area (Å²) >= 11 is 0. The second-order valence-corrected chi connectivity index (χ2v) is 6.32. The van der Waals surface area contributed by atoms with Crippen molar-refractivity contribution in [3.05, 3.63) is 71.6 Å². The number of aliphatic carboxylic acids is 2. The van der Waals surface area contributed by atoms with Gasteiger partial charge in [0.05, 0.1) is 17.3 Å². The van der Waals surface area contributed by atoms with Gasteiger partial charge in [-0.1, -0.05) is 18.2 Å². The zero-order valence-electron chi connectivity index (χ0n) is 15.0. The van der Waals surface area contributed by atoms with Crippen LogP contribution < -0.4 is 0 Å². The molecule has 0 amide bonds. The molecule has 1 atom stereocenters. The van der Waals surface area contributed by atoms with Gasteiger partial charge in [0.25, 0.3) is 0 Å². The highest BCUT2D eigenvalue weighted by atomic mass is 19.1. The summed E-state index contributed by atoms with van der Waals surface area (Å²) in [5.41, 5.74) is -1.08. The molecule has 0 saturated carbocycles. The predicted octanol–water partition coefficient (Wildman–Crippen LogP) is 2.90. The van der Waals surface area contributed by atoms with Crippen LogP contribution in [0.2, 0.25) is 0 Å². The van der Waals surface area contributed by atoms with Crippen LogP contribution >= 0.6 is 0 Å². The van der Waals surface area contributed by atoms with Crippen molar-refractivity contribution in [3.8, 4) is 5.69 Å². The fourth-order valence-electron chi connectivity index (χ4n) is 2.52. The zero-order valence-corrected chi connectivity index (χ0v) is 15.0. The maximum absolute atomic E-state index is 12.9. The summed E-state index contributed by atoms with van der Waals surface area (Å²) in [5.74, 6) is -4.86. The lowest BCUT2D eigenvalue weighted by Gasteiger charge is -2.23. The molecular formula is C19H16F2N2O6. The number of benzene rings is 1. The second-order valence-electron chi connectivity index (χ2n) is 6.32. The Morgan fingerprint density at radius 3 is 2.21 bits per heavy atom. The normalized spacial score (nSPS) is 17.7. The highest BCUT2D eigenvalue weighted by molar-refractivity contribution is 5.90. The molecule has 1 unspecified atom stereocenters. The molecule has 0 spiro atoms. The first-order chi connectivity index (χ1) is 13.5. The average molecular weight is 406 g/mol. The molecule has 0 aliphatic heterocycles. The van der Waals surface area contributed by atoms with E-state index in [1.54, 1.807) is 0 Å². The van der Waals surface area contributed by atoms with Gasteiger partial charge in [-0.3, -0.25) is 4.79 Å². The Labute approximate surface area is 163 Å². The van der Waals surface area contributed by atoms with E-state index >= 15 is 0 Å². The zero-order chi connectivity index (χ0) is 21.8. The number of allylic oxidation sites excluding steroid dienone is 2. The Kier molecular flexibility index (Phi) is 6.27. The van der Waals surface area contributed by atoms with Gasteiger partial charge in [-0.2, -0.15) is 5.10 Å². The molecule has 10 heteroatoms. The van der Waals surface area contributed by atoms with E-state index in [1.165, 1.54) is 37.4 Å². The first kappa shape index (κ1) is 21.5. The standard InChI is InChI=1S/C10H6F2N2O2.C9H10O4/c11-6-3-7(12)5-8(4-6)14-9(10(15)16)1-2-13-14;1-9(8(12)13)4-2-3-6(5-9)7(10)11/h1-5H,(H,15,16);2-4H,5H2,1H3,(H,10,11)(H,12,13). The summed E-state index contributed by atoms with van der Waals surface area (Å²) in [5, 5.41) is 30.0. The van der Waals surface area contributed by atoms with Gasteiger partial charge in [-0.05, 0) is 31.5 Å². The fourth-order valence-corrected chi connectivity index (χ4v) is 2.52. The summed E-state index contributed by atoms with van der Waals surface area (Å²) in [7, 11) is 0. The smallest absolute Gasteiger partial charge is 0.354 e. The molecule has 3 N–H and O–H groups in total. The first-order valence-corrected chi connectivity index (χ1v) is 8.12. The molecule has 0 bridgehead atoms. The number of nitrogens with zero attached hydrogens (tertiary/aromatic N) is 2. The van der Waals surface area contributed by atoms with Gasteiger partial charge in [0.1, 0.15) is 11.6 Å². The Morgan fingerprint density at radius 1 is 1.07 bits per heavy atom. The summed E-state index contributed by atoms with van der Waals surface area (Å²) in [6.45, 7) is 1.50. The van der Waals surface area contributed by atoms with Crippen molar-refractivity contribution in [1.29, 1.82) is 0 Å². The highest BCUT2D eigenvalue weighted by Crippen LogP contribution is 2.31. The number of aromatic nitrogens is 2. The molecule has 29 heavy (non-hydrogen) atoms. The monoisotopic (exact) mass is 406 g/mol. The van der Waals surface area contributed by atoms with E-state index in [0.717, 1.165) is 16.8 Å². The van der Waals surface area contributed by atoms with Crippen LogP contribution in [0.5, 0.6) is 0 Å². The van der Waals surface area contributed by atoms with Crippen LogP contribution in [-0.2, 0) is 9.59 Å². The number of aromatic carboxylic acids is 1. The number of carboxylic acids is 3. The first-order valence-electron chi connectivity index (χ1n) is 8.12. The van der Waals surface area contributed by atoms with E-state index in [-0.39, 0.29) is 23.4 Å². The third kappa shape index (κ3) is 5.12. The van der Waals surface area contributed by atoms with E-state index in [4.69, 9.17) is 15.3 Å². The average Bonchev–Trinajstić information content (AvgIpc) is 3.11. The maximum atomic E-state index is 12.9. The van der Waals surface area contributed by atoms with Crippen molar-refractivity contribution in [2.45, 2.75) is 13.3 Å². The van der Waals surface area contributed by atoms with Gasteiger partial charge in [0.2, 0.25) is 0 Å². The molecular weight excluding hydrogens is 390 g/mol. The molecule has 152 valence electrons. The third-order valence-electron chi connectivity index (χ3n) is 4.04. The van der Waals surface area contributed by atoms with Gasteiger partial charge in [0, 0.05) is 11.6 Å². The minimum atomic E-state index is -1.22. The molecule has 0 radical (unpaired) electrons.